The number of fused-ring (bicyclic) bond motifs is 2. The Hall–Kier alpha value is -4.89. The van der Waals surface area contributed by atoms with Crippen LogP contribution in [0.4, 0.5) is 0 Å². The largest absolute Gasteiger partial charge is 0.464 e. The molecule has 0 atom stereocenters. The van der Waals surface area contributed by atoms with E-state index in [0.29, 0.717) is 0 Å². The molecule has 0 unspecified atom stereocenters. The first-order chi connectivity index (χ1) is 20.3. The predicted molar refractivity (Wildman–Crippen MR) is 175 cm³/mol. The minimum Gasteiger partial charge on any atom is -0.464 e. The maximum atomic E-state index is 6.19. The van der Waals surface area contributed by atoms with Crippen molar-refractivity contribution in [2.45, 2.75) is 40.0 Å². The lowest BCUT2D eigenvalue weighted by Crippen LogP contribution is -2.10. The molecule has 3 nitrogen and oxygen atoms in total. The lowest BCUT2D eigenvalue weighted by Gasteiger charge is -2.19. The minimum absolute atomic E-state index is 0.138. The third-order valence-electron chi connectivity index (χ3n) is 8.36. The molecule has 206 valence electrons. The normalized spacial score (nSPS) is 11.9. The molecule has 0 aliphatic rings. The van der Waals surface area contributed by atoms with Crippen molar-refractivity contribution < 1.29 is 4.42 Å². The molecule has 2 aromatic heterocycles. The molecule has 0 fully saturated rings. The van der Waals surface area contributed by atoms with Crippen molar-refractivity contribution in [3.8, 4) is 39.3 Å². The Morgan fingerprint density at radius 3 is 2.00 bits per heavy atom. The van der Waals surface area contributed by atoms with Gasteiger partial charge in [-0.05, 0) is 94.6 Å². The van der Waals surface area contributed by atoms with Gasteiger partial charge in [0.05, 0.1) is 16.6 Å². The van der Waals surface area contributed by atoms with E-state index in [9.17, 15) is 0 Å². The van der Waals surface area contributed by atoms with Crippen LogP contribution in [0.1, 0.15) is 37.5 Å². The summed E-state index contributed by atoms with van der Waals surface area (Å²) in [5.74, 6) is 0.872. The number of hydrogen-bond acceptors (Lipinski definition) is 2. The van der Waals surface area contributed by atoms with Gasteiger partial charge in [-0.25, -0.2) is 4.98 Å². The SMILES string of the molecule is Cc1cccc(C)c1-c1ccc2c(-c3nc4ccccc4n3-c3ccc(-c4ccc(C(C)(C)C)cc4)cc3)coc2c1. The quantitative estimate of drug-likeness (QED) is 0.220. The second kappa shape index (κ2) is 9.88. The number of hydrogen-bond donors (Lipinski definition) is 0. The first-order valence-corrected chi connectivity index (χ1v) is 14.5. The molecule has 0 spiro atoms. The molecular weight excluding hydrogens is 512 g/mol. The zero-order chi connectivity index (χ0) is 29.0. The van der Waals surface area contributed by atoms with Gasteiger partial charge >= 0.3 is 0 Å². The molecule has 0 N–H and O–H groups in total. The highest BCUT2D eigenvalue weighted by molar-refractivity contribution is 5.97. The molecule has 2 heterocycles. The van der Waals surface area contributed by atoms with Gasteiger partial charge in [0.25, 0.3) is 0 Å². The first-order valence-electron chi connectivity index (χ1n) is 14.5. The molecule has 0 saturated heterocycles. The molecular formula is C39H34N2O. The molecule has 42 heavy (non-hydrogen) atoms. The van der Waals surface area contributed by atoms with E-state index in [4.69, 9.17) is 9.40 Å². The van der Waals surface area contributed by atoms with Crippen molar-refractivity contribution in [1.29, 1.82) is 0 Å². The maximum absolute atomic E-state index is 6.19. The van der Waals surface area contributed by atoms with Crippen LogP contribution in [0, 0.1) is 13.8 Å². The van der Waals surface area contributed by atoms with Crippen LogP contribution in [0.5, 0.6) is 0 Å². The summed E-state index contributed by atoms with van der Waals surface area (Å²) in [6, 6.07) is 38.9. The number of imidazole rings is 1. The van der Waals surface area contributed by atoms with Gasteiger partial charge in [0.1, 0.15) is 17.7 Å². The fourth-order valence-corrected chi connectivity index (χ4v) is 6.06. The van der Waals surface area contributed by atoms with E-state index < -0.39 is 0 Å². The van der Waals surface area contributed by atoms with Crippen molar-refractivity contribution in [3.63, 3.8) is 0 Å². The van der Waals surface area contributed by atoms with Gasteiger partial charge in [0.15, 0.2) is 0 Å². The summed E-state index contributed by atoms with van der Waals surface area (Å²) in [5.41, 5.74) is 13.8. The van der Waals surface area contributed by atoms with E-state index in [1.807, 2.05) is 12.3 Å². The van der Waals surface area contributed by atoms with Crippen LogP contribution < -0.4 is 0 Å². The van der Waals surface area contributed by atoms with Gasteiger partial charge in [-0.15, -0.1) is 0 Å². The van der Waals surface area contributed by atoms with Gasteiger partial charge in [0.2, 0.25) is 0 Å². The van der Waals surface area contributed by atoms with E-state index >= 15 is 0 Å². The van der Waals surface area contributed by atoms with Crippen molar-refractivity contribution in [2.75, 3.05) is 0 Å². The van der Waals surface area contributed by atoms with Crippen molar-refractivity contribution in [1.82, 2.24) is 9.55 Å². The Labute approximate surface area is 247 Å². The number of benzene rings is 5. The number of rotatable bonds is 4. The molecule has 0 aliphatic carbocycles. The second-order valence-corrected chi connectivity index (χ2v) is 12.3. The summed E-state index contributed by atoms with van der Waals surface area (Å²) in [4.78, 5) is 5.11. The molecule has 0 amide bonds. The summed E-state index contributed by atoms with van der Waals surface area (Å²) in [7, 11) is 0. The molecule has 0 bridgehead atoms. The van der Waals surface area contributed by atoms with E-state index in [1.54, 1.807) is 0 Å². The highest BCUT2D eigenvalue weighted by atomic mass is 16.3. The molecule has 0 aliphatic heterocycles. The Kier molecular flexibility index (Phi) is 6.13. The third kappa shape index (κ3) is 4.42. The summed E-state index contributed by atoms with van der Waals surface area (Å²) >= 11 is 0. The van der Waals surface area contributed by atoms with Crippen LogP contribution in [0.15, 0.2) is 120 Å². The average molecular weight is 547 g/mol. The highest BCUT2D eigenvalue weighted by Crippen LogP contribution is 2.38. The summed E-state index contributed by atoms with van der Waals surface area (Å²) in [6.07, 6.45) is 1.85. The second-order valence-electron chi connectivity index (χ2n) is 12.3. The number of aryl methyl sites for hydroxylation is 2. The Bertz CT molecular complexity index is 2050. The average Bonchev–Trinajstić information content (AvgIpc) is 3.58. The van der Waals surface area contributed by atoms with Crippen LogP contribution in [0.2, 0.25) is 0 Å². The molecule has 5 aromatic carbocycles. The van der Waals surface area contributed by atoms with Crippen LogP contribution in [0.25, 0.3) is 61.3 Å². The van der Waals surface area contributed by atoms with Gasteiger partial charge < -0.3 is 4.42 Å². The fourth-order valence-electron chi connectivity index (χ4n) is 6.06. The molecule has 7 rings (SSSR count). The number of nitrogens with zero attached hydrogens (tertiary/aromatic N) is 2. The van der Waals surface area contributed by atoms with Crippen LogP contribution in [-0.2, 0) is 5.41 Å². The van der Waals surface area contributed by atoms with Gasteiger partial charge in [-0.1, -0.05) is 93.6 Å². The molecule has 0 saturated carbocycles. The van der Waals surface area contributed by atoms with Gasteiger partial charge in [0, 0.05) is 11.1 Å². The summed E-state index contributed by atoms with van der Waals surface area (Å²) < 4.78 is 8.43. The maximum Gasteiger partial charge on any atom is 0.149 e. The Morgan fingerprint density at radius 2 is 1.31 bits per heavy atom. The standard InChI is InChI=1S/C39H34N2O/c1-25-9-8-10-26(2)37(25)29-17-22-32-33(24-42-36(32)23-29)38-40-34-11-6-7-12-35(34)41(38)31-20-15-28(16-21-31)27-13-18-30(19-14-27)39(3,4)5/h6-24H,1-5H3. The van der Waals surface area contributed by atoms with E-state index in [1.165, 1.54) is 38.9 Å². The smallest absolute Gasteiger partial charge is 0.149 e. The lowest BCUT2D eigenvalue weighted by molar-refractivity contribution is 0.590. The first kappa shape index (κ1) is 26.0. The summed E-state index contributed by atoms with van der Waals surface area (Å²) in [6.45, 7) is 11.1. The van der Waals surface area contributed by atoms with Crippen LogP contribution >= 0.6 is 0 Å². The zero-order valence-corrected chi connectivity index (χ0v) is 24.8. The topological polar surface area (TPSA) is 31.0 Å². The van der Waals surface area contributed by atoms with E-state index in [-0.39, 0.29) is 5.41 Å². The molecule has 7 aromatic rings. The minimum atomic E-state index is 0.138. The van der Waals surface area contributed by atoms with E-state index in [2.05, 4.69) is 142 Å². The lowest BCUT2D eigenvalue weighted by atomic mass is 9.86. The molecule has 3 heteroatoms. The van der Waals surface area contributed by atoms with E-state index in [0.717, 1.165) is 39.1 Å². The number of para-hydroxylation sites is 2. The fraction of sp³-hybridized carbons (Fsp3) is 0.154. The monoisotopic (exact) mass is 546 g/mol. The Balaban J connectivity index is 1.32. The van der Waals surface area contributed by atoms with Crippen LogP contribution in [-0.4, -0.2) is 9.55 Å². The zero-order valence-electron chi connectivity index (χ0n) is 24.8. The van der Waals surface area contributed by atoms with Gasteiger partial charge in [-0.3, -0.25) is 4.57 Å². The summed E-state index contributed by atoms with van der Waals surface area (Å²) in [5, 5.41) is 1.05. The van der Waals surface area contributed by atoms with Crippen molar-refractivity contribution in [2.24, 2.45) is 0 Å². The Morgan fingerprint density at radius 1 is 0.667 bits per heavy atom. The number of aromatic nitrogens is 2. The number of furan rings is 1. The van der Waals surface area contributed by atoms with Gasteiger partial charge in [-0.2, -0.15) is 0 Å². The predicted octanol–water partition coefficient (Wildman–Crippen LogP) is 10.7. The third-order valence-corrected chi connectivity index (χ3v) is 8.36. The van der Waals surface area contributed by atoms with Crippen LogP contribution in [0.3, 0.4) is 0 Å². The molecule has 0 radical (unpaired) electrons. The highest BCUT2D eigenvalue weighted by Gasteiger charge is 2.19. The van der Waals surface area contributed by atoms with Crippen molar-refractivity contribution >= 4 is 22.0 Å². The van der Waals surface area contributed by atoms with Crippen molar-refractivity contribution in [3.05, 3.63) is 132 Å².